The van der Waals surface area contributed by atoms with Crippen molar-refractivity contribution in [2.45, 2.75) is 89.6 Å². The Labute approximate surface area is 343 Å². The van der Waals surface area contributed by atoms with E-state index in [9.17, 15) is 35.9 Å². The Morgan fingerprint density at radius 2 is 1.56 bits per heavy atom. The first-order chi connectivity index (χ1) is 27.7. The molecule has 59 heavy (non-hydrogen) atoms. The molecule has 17 heteroatoms. The maximum atomic E-state index is 14.7. The first-order valence-corrected chi connectivity index (χ1v) is 21.4. The van der Waals surface area contributed by atoms with E-state index in [1.165, 1.54) is 28.1 Å². The van der Waals surface area contributed by atoms with Gasteiger partial charge in [-0.25, -0.2) is 0 Å². The summed E-state index contributed by atoms with van der Waals surface area (Å²) >= 11 is 5.86. The van der Waals surface area contributed by atoms with E-state index in [1.807, 2.05) is 36.4 Å². The molecule has 2 aromatic heterocycles. The molecule has 2 aliphatic heterocycles. The van der Waals surface area contributed by atoms with Crippen LogP contribution in [0.25, 0.3) is 0 Å². The number of rotatable bonds is 9. The topological polar surface area (TPSA) is 85.5 Å². The Morgan fingerprint density at radius 1 is 0.932 bits per heavy atom. The number of benzene rings is 3. The number of carbonyl (C=O) groups excluding carboxylic acids is 2. The number of alkyl halides is 6. The maximum Gasteiger partial charge on any atom is 0.417 e. The van der Waals surface area contributed by atoms with E-state index in [4.69, 9.17) is 21.1 Å². The van der Waals surface area contributed by atoms with Crippen LogP contribution in [-0.4, -0.2) is 74.9 Å². The monoisotopic (exact) mass is 856 g/mol. The number of amides is 2. The molecule has 0 saturated carbocycles. The predicted octanol–water partition coefficient (Wildman–Crippen LogP) is 8.24. The van der Waals surface area contributed by atoms with Crippen LogP contribution >= 0.6 is 11.6 Å². The lowest BCUT2D eigenvalue weighted by Crippen LogP contribution is -2.67. The summed E-state index contributed by atoms with van der Waals surface area (Å²) in [5, 5.41) is 10.3. The fraction of sp³-hybridized carbons (Fsp3) is 0.381. The molecule has 1 unspecified atom stereocenters. The van der Waals surface area contributed by atoms with E-state index < -0.39 is 72.8 Å². The number of carbonyl (C=O) groups is 2. The summed E-state index contributed by atoms with van der Waals surface area (Å²) in [5.41, 5.74) is 0.0355. The highest BCUT2D eigenvalue weighted by Gasteiger charge is 2.51. The molecule has 7 rings (SSSR count). The highest BCUT2D eigenvalue weighted by Crippen LogP contribution is 2.40. The van der Waals surface area contributed by atoms with Crippen molar-refractivity contribution in [2.24, 2.45) is 0 Å². The van der Waals surface area contributed by atoms with Gasteiger partial charge in [-0.2, -0.15) is 36.5 Å². The zero-order valence-corrected chi connectivity index (χ0v) is 34.7. The summed E-state index contributed by atoms with van der Waals surface area (Å²) in [6.07, 6.45) is -7.88. The summed E-state index contributed by atoms with van der Waals surface area (Å²) < 4.78 is 91.1. The third-order valence-electron chi connectivity index (χ3n) is 11.2. The third-order valence-corrected chi connectivity index (χ3v) is 16.6. The number of halogens is 7. The second-order valence-electron chi connectivity index (χ2n) is 16.2. The minimum atomic E-state index is -4.79. The summed E-state index contributed by atoms with van der Waals surface area (Å²) in [6, 6.07) is 22.5. The Morgan fingerprint density at radius 3 is 2.14 bits per heavy atom. The van der Waals surface area contributed by atoms with Crippen LogP contribution in [-0.2, 0) is 30.1 Å². The summed E-state index contributed by atoms with van der Waals surface area (Å²) in [5.74, 6) is -1.16. The first kappa shape index (κ1) is 42.2. The largest absolute Gasteiger partial charge is 0.417 e. The smallest absolute Gasteiger partial charge is 0.405 e. The summed E-state index contributed by atoms with van der Waals surface area (Å²) in [7, 11) is -3.12. The number of aromatic nitrogens is 4. The molecule has 2 aliphatic rings. The normalized spacial score (nSPS) is 18.1. The Hall–Kier alpha value is -4.93. The van der Waals surface area contributed by atoms with Gasteiger partial charge in [0.15, 0.2) is 0 Å². The van der Waals surface area contributed by atoms with Gasteiger partial charge < -0.3 is 14.2 Å². The SMILES string of the molecule is CC(c1ccn(CC(F)(F)F)n1)N1C[C@@H](CO[Si](c2ccccc2)(c2ccccc2)C(C)(C)C)n2nc3c(c2C1=O)CN(C(=O)c1ccc(Cl)c(C(F)(F)F)c1)[C@H](C)C3. The van der Waals surface area contributed by atoms with E-state index in [2.05, 4.69) is 50.1 Å². The molecular formula is C42H43ClF6N6O3Si. The van der Waals surface area contributed by atoms with Gasteiger partial charge >= 0.3 is 12.4 Å². The minimum absolute atomic E-state index is 0.0705. The van der Waals surface area contributed by atoms with Gasteiger partial charge in [0, 0.05) is 36.3 Å². The maximum absolute atomic E-state index is 14.7. The molecule has 4 heterocycles. The average molecular weight is 857 g/mol. The molecule has 312 valence electrons. The lowest BCUT2D eigenvalue weighted by Gasteiger charge is -2.45. The molecule has 5 aromatic rings. The summed E-state index contributed by atoms with van der Waals surface area (Å²) in [4.78, 5) is 31.7. The molecular weight excluding hydrogens is 814 g/mol. The molecule has 0 aliphatic carbocycles. The molecule has 0 spiro atoms. The number of nitrogens with zero attached hydrogens (tertiary/aromatic N) is 6. The van der Waals surface area contributed by atoms with Gasteiger partial charge in [-0.3, -0.25) is 19.0 Å². The van der Waals surface area contributed by atoms with Crippen molar-refractivity contribution in [1.82, 2.24) is 29.4 Å². The van der Waals surface area contributed by atoms with Crippen LogP contribution in [0.2, 0.25) is 10.1 Å². The van der Waals surface area contributed by atoms with E-state index in [1.54, 1.807) is 18.5 Å². The van der Waals surface area contributed by atoms with Crippen molar-refractivity contribution in [3.8, 4) is 0 Å². The Kier molecular flexibility index (Phi) is 11.1. The lowest BCUT2D eigenvalue weighted by molar-refractivity contribution is -0.142. The van der Waals surface area contributed by atoms with Gasteiger partial charge in [0.1, 0.15) is 12.2 Å². The minimum Gasteiger partial charge on any atom is -0.405 e. The molecule has 9 nitrogen and oxygen atoms in total. The standard InChI is InChI=1S/C42H43ClF6N6O3Si/c1-26-20-36-32(23-53(26)38(56)28-16-17-34(43)33(21-28)42(47,48)49)37-39(57)54(27(2)35-18-19-52(50-35)25-41(44,45)46)22-29(55(37)51-36)24-58-59(40(3,4)5,30-12-8-6-9-13-30)31-14-10-7-11-15-31/h6-19,21,26-27,29H,20,22-25H2,1-5H3/t26-,27?,29+/m1/s1. The number of fused-ring (bicyclic) bond motifs is 3. The van der Waals surface area contributed by atoms with Crippen LogP contribution < -0.4 is 10.4 Å². The van der Waals surface area contributed by atoms with Crippen molar-refractivity contribution in [1.29, 1.82) is 0 Å². The zero-order chi connectivity index (χ0) is 42.7. The third kappa shape index (κ3) is 8.06. The number of hydrogen-bond acceptors (Lipinski definition) is 5. The molecule has 0 N–H and O–H groups in total. The van der Waals surface area contributed by atoms with Crippen molar-refractivity contribution in [2.75, 3.05) is 13.2 Å². The average Bonchev–Trinajstić information content (AvgIpc) is 3.79. The fourth-order valence-corrected chi connectivity index (χ4v) is 13.2. The number of hydrogen-bond donors (Lipinski definition) is 0. The van der Waals surface area contributed by atoms with E-state index in [0.29, 0.717) is 11.3 Å². The van der Waals surface area contributed by atoms with Gasteiger partial charge in [0.2, 0.25) is 0 Å². The molecule has 2 amide bonds. The van der Waals surface area contributed by atoms with Crippen LogP contribution in [0.3, 0.4) is 0 Å². The summed E-state index contributed by atoms with van der Waals surface area (Å²) in [6.45, 7) is 8.58. The van der Waals surface area contributed by atoms with Crippen molar-refractivity contribution < 1.29 is 40.4 Å². The van der Waals surface area contributed by atoms with E-state index in [-0.39, 0.29) is 43.1 Å². The molecule has 0 fully saturated rings. The van der Waals surface area contributed by atoms with Crippen LogP contribution in [0.15, 0.2) is 91.1 Å². The molecule has 3 atom stereocenters. The Balaban J connectivity index is 1.30. The first-order valence-electron chi connectivity index (χ1n) is 19.1. The van der Waals surface area contributed by atoms with Crippen LogP contribution in [0.5, 0.6) is 0 Å². The van der Waals surface area contributed by atoms with Gasteiger partial charge in [-0.05, 0) is 53.5 Å². The van der Waals surface area contributed by atoms with Gasteiger partial charge in [0.05, 0.1) is 47.2 Å². The molecule has 3 aromatic carbocycles. The van der Waals surface area contributed by atoms with Crippen LogP contribution in [0, 0.1) is 0 Å². The van der Waals surface area contributed by atoms with Gasteiger partial charge in [-0.1, -0.05) is 93.0 Å². The lowest BCUT2D eigenvalue weighted by atomic mass is 9.96. The van der Waals surface area contributed by atoms with Crippen molar-refractivity contribution in [3.05, 3.63) is 130 Å². The quantitative estimate of drug-likeness (QED) is 0.110. The predicted molar refractivity (Wildman–Crippen MR) is 212 cm³/mol. The highest BCUT2D eigenvalue weighted by atomic mass is 35.5. The highest BCUT2D eigenvalue weighted by molar-refractivity contribution is 6.99. The van der Waals surface area contributed by atoms with Crippen molar-refractivity contribution >= 4 is 42.1 Å². The van der Waals surface area contributed by atoms with Gasteiger partial charge in [-0.15, -0.1) is 0 Å². The molecule has 0 radical (unpaired) electrons. The van der Waals surface area contributed by atoms with E-state index >= 15 is 0 Å². The van der Waals surface area contributed by atoms with Crippen LogP contribution in [0.4, 0.5) is 26.3 Å². The van der Waals surface area contributed by atoms with Crippen LogP contribution in [0.1, 0.15) is 90.1 Å². The Bertz CT molecular complexity index is 2300. The second kappa shape index (κ2) is 15.6. The van der Waals surface area contributed by atoms with E-state index in [0.717, 1.165) is 27.2 Å². The molecule has 0 bridgehead atoms. The second-order valence-corrected chi connectivity index (χ2v) is 20.9. The molecule has 0 saturated heterocycles. The fourth-order valence-electron chi connectivity index (χ4n) is 8.36. The zero-order valence-electron chi connectivity index (χ0n) is 33.0. The van der Waals surface area contributed by atoms with Gasteiger partial charge in [0.25, 0.3) is 20.1 Å². The van der Waals surface area contributed by atoms with Crippen molar-refractivity contribution in [3.63, 3.8) is 0 Å².